The van der Waals surface area contributed by atoms with Crippen molar-refractivity contribution >= 4 is 21.8 Å². The number of hydrogen-bond donors (Lipinski definition) is 1. The van der Waals surface area contributed by atoms with Gasteiger partial charge in [0.25, 0.3) is 5.91 Å². The maximum Gasteiger partial charge on any atom is 0.251 e. The highest BCUT2D eigenvalue weighted by molar-refractivity contribution is 7.89. The highest BCUT2D eigenvalue weighted by Crippen LogP contribution is 2.21. The molecule has 1 aromatic carbocycles. The number of ether oxygens (including phenoxy) is 1. The van der Waals surface area contributed by atoms with Gasteiger partial charge >= 0.3 is 0 Å². The zero-order chi connectivity index (χ0) is 22.6. The predicted octanol–water partition coefficient (Wildman–Crippen LogP) is 1.86. The van der Waals surface area contributed by atoms with E-state index in [1.807, 2.05) is 25.7 Å². The van der Waals surface area contributed by atoms with Crippen molar-refractivity contribution in [2.45, 2.75) is 57.0 Å². The summed E-state index contributed by atoms with van der Waals surface area (Å²) >= 11 is 0. The minimum atomic E-state index is -3.71. The van der Waals surface area contributed by atoms with E-state index in [1.165, 1.54) is 16.4 Å². The summed E-state index contributed by atoms with van der Waals surface area (Å²) in [6.07, 6.45) is 3.04. The smallest absolute Gasteiger partial charge is 0.251 e. The number of carbonyl (C=O) groups is 2. The molecule has 1 unspecified atom stereocenters. The fourth-order valence-corrected chi connectivity index (χ4v) is 5.53. The number of sulfonamides is 1. The Morgan fingerprint density at radius 1 is 1.13 bits per heavy atom. The monoisotopic (exact) mass is 451 g/mol. The standard InChI is InChI=1S/C22H33N3O5S/c1-16(2)20(22(27)25-10-5-4-7-17(25)3)23-21(26)18-8-6-9-19(15-18)31(28,29)24-11-13-30-14-12-24/h6,8-9,15-17,20H,4-5,7,10-14H2,1-3H3,(H,23,26)/t17?,20-/m0/s1. The summed E-state index contributed by atoms with van der Waals surface area (Å²) in [5.74, 6) is -0.616. The predicted molar refractivity (Wildman–Crippen MR) is 117 cm³/mol. The Morgan fingerprint density at radius 3 is 2.48 bits per heavy atom. The number of nitrogens with one attached hydrogen (secondary N) is 1. The summed E-state index contributed by atoms with van der Waals surface area (Å²) in [6.45, 7) is 7.82. The highest BCUT2D eigenvalue weighted by atomic mass is 32.2. The van der Waals surface area contributed by atoms with Crippen LogP contribution in [-0.2, 0) is 19.6 Å². The number of carbonyl (C=O) groups excluding carboxylic acids is 2. The normalized spacial score (nSPS) is 21.7. The van der Waals surface area contributed by atoms with Gasteiger partial charge < -0.3 is 15.0 Å². The lowest BCUT2D eigenvalue weighted by Gasteiger charge is -2.37. The van der Waals surface area contributed by atoms with Crippen LogP contribution in [0.5, 0.6) is 0 Å². The van der Waals surface area contributed by atoms with E-state index in [9.17, 15) is 18.0 Å². The first-order chi connectivity index (χ1) is 14.7. The third kappa shape index (κ3) is 5.45. The van der Waals surface area contributed by atoms with Crippen molar-refractivity contribution in [3.8, 4) is 0 Å². The summed E-state index contributed by atoms with van der Waals surface area (Å²) in [5.41, 5.74) is 0.222. The average molecular weight is 452 g/mol. The summed E-state index contributed by atoms with van der Waals surface area (Å²) in [4.78, 5) is 28.0. The molecule has 9 heteroatoms. The first-order valence-corrected chi connectivity index (χ1v) is 12.4. The molecule has 8 nitrogen and oxygen atoms in total. The van der Waals surface area contributed by atoms with Gasteiger partial charge in [-0.25, -0.2) is 8.42 Å². The van der Waals surface area contributed by atoms with Gasteiger partial charge in [-0.2, -0.15) is 4.31 Å². The molecule has 0 aromatic heterocycles. The van der Waals surface area contributed by atoms with Gasteiger partial charge in [0.1, 0.15) is 6.04 Å². The highest BCUT2D eigenvalue weighted by Gasteiger charge is 2.33. The minimum absolute atomic E-state index is 0.0686. The molecule has 2 aliphatic heterocycles. The Morgan fingerprint density at radius 2 is 1.84 bits per heavy atom. The van der Waals surface area contributed by atoms with Crippen LogP contribution in [-0.4, -0.2) is 74.4 Å². The molecule has 2 heterocycles. The van der Waals surface area contributed by atoms with Crippen LogP contribution in [0.25, 0.3) is 0 Å². The SMILES string of the molecule is CC(C)[C@H](NC(=O)c1cccc(S(=O)(=O)N2CCOCC2)c1)C(=O)N1CCCCC1C. The van der Waals surface area contributed by atoms with E-state index >= 15 is 0 Å². The molecule has 2 amide bonds. The molecule has 2 atom stereocenters. The molecule has 31 heavy (non-hydrogen) atoms. The molecule has 2 fully saturated rings. The number of hydrogen-bond acceptors (Lipinski definition) is 5. The molecule has 0 saturated carbocycles. The molecule has 2 aliphatic rings. The van der Waals surface area contributed by atoms with Gasteiger partial charge in [-0.3, -0.25) is 9.59 Å². The van der Waals surface area contributed by atoms with Crippen LogP contribution >= 0.6 is 0 Å². The first kappa shape index (κ1) is 23.7. The number of piperidine rings is 1. The topological polar surface area (TPSA) is 96.0 Å². The van der Waals surface area contributed by atoms with Gasteiger partial charge in [-0.05, 0) is 50.3 Å². The van der Waals surface area contributed by atoms with Crippen molar-refractivity contribution in [3.63, 3.8) is 0 Å². The third-order valence-electron chi connectivity index (χ3n) is 6.01. The number of morpholine rings is 1. The van der Waals surface area contributed by atoms with Crippen molar-refractivity contribution in [1.82, 2.24) is 14.5 Å². The Labute approximate surface area is 185 Å². The molecule has 172 valence electrons. The number of benzene rings is 1. The first-order valence-electron chi connectivity index (χ1n) is 11.0. The zero-order valence-electron chi connectivity index (χ0n) is 18.5. The van der Waals surface area contributed by atoms with Crippen LogP contribution in [0.15, 0.2) is 29.2 Å². The van der Waals surface area contributed by atoms with Crippen molar-refractivity contribution in [2.24, 2.45) is 5.92 Å². The zero-order valence-corrected chi connectivity index (χ0v) is 19.4. The van der Waals surface area contributed by atoms with Crippen LogP contribution in [0.2, 0.25) is 0 Å². The molecule has 1 N–H and O–H groups in total. The molecule has 3 rings (SSSR count). The third-order valence-corrected chi connectivity index (χ3v) is 7.90. The molecular formula is C22H33N3O5S. The Bertz CT molecular complexity index is 896. The quantitative estimate of drug-likeness (QED) is 0.712. The van der Waals surface area contributed by atoms with Crippen molar-refractivity contribution < 1.29 is 22.7 Å². The van der Waals surface area contributed by atoms with Crippen LogP contribution in [0.4, 0.5) is 0 Å². The Kier molecular flexibility index (Phi) is 7.72. The van der Waals surface area contributed by atoms with E-state index in [0.29, 0.717) is 19.8 Å². The van der Waals surface area contributed by atoms with E-state index in [0.717, 1.165) is 19.3 Å². The summed E-state index contributed by atoms with van der Waals surface area (Å²) in [6, 6.07) is 5.49. The number of likely N-dealkylation sites (tertiary alicyclic amines) is 1. The van der Waals surface area contributed by atoms with E-state index in [4.69, 9.17) is 4.74 Å². The minimum Gasteiger partial charge on any atom is -0.379 e. The fourth-order valence-electron chi connectivity index (χ4n) is 4.08. The molecule has 0 bridgehead atoms. The molecule has 0 aliphatic carbocycles. The van der Waals surface area contributed by atoms with Crippen molar-refractivity contribution in [2.75, 3.05) is 32.8 Å². The Hall–Kier alpha value is -1.97. The van der Waals surface area contributed by atoms with Gasteiger partial charge in [0, 0.05) is 31.2 Å². The lowest BCUT2D eigenvalue weighted by atomic mass is 9.98. The molecule has 2 saturated heterocycles. The Balaban J connectivity index is 1.77. The summed E-state index contributed by atoms with van der Waals surface area (Å²) in [7, 11) is -3.71. The summed E-state index contributed by atoms with van der Waals surface area (Å²) < 4.78 is 32.4. The number of amides is 2. The van der Waals surface area contributed by atoms with E-state index in [1.54, 1.807) is 12.1 Å². The second-order valence-corrected chi connectivity index (χ2v) is 10.6. The molecule has 0 radical (unpaired) electrons. The second kappa shape index (κ2) is 10.1. The van der Waals surface area contributed by atoms with Crippen LogP contribution in [0.1, 0.15) is 50.4 Å². The van der Waals surface area contributed by atoms with Gasteiger partial charge in [-0.1, -0.05) is 19.9 Å². The van der Waals surface area contributed by atoms with E-state index in [2.05, 4.69) is 5.32 Å². The van der Waals surface area contributed by atoms with Crippen LogP contribution in [0.3, 0.4) is 0 Å². The van der Waals surface area contributed by atoms with E-state index < -0.39 is 22.0 Å². The lowest BCUT2D eigenvalue weighted by molar-refractivity contribution is -0.137. The molecular weight excluding hydrogens is 418 g/mol. The fraction of sp³-hybridized carbons (Fsp3) is 0.636. The van der Waals surface area contributed by atoms with Crippen LogP contribution < -0.4 is 5.32 Å². The van der Waals surface area contributed by atoms with Gasteiger partial charge in [-0.15, -0.1) is 0 Å². The number of nitrogens with zero attached hydrogens (tertiary/aromatic N) is 2. The van der Waals surface area contributed by atoms with E-state index in [-0.39, 0.29) is 41.4 Å². The van der Waals surface area contributed by atoms with Gasteiger partial charge in [0.2, 0.25) is 15.9 Å². The van der Waals surface area contributed by atoms with Crippen LogP contribution in [0, 0.1) is 5.92 Å². The van der Waals surface area contributed by atoms with Gasteiger partial charge in [0.05, 0.1) is 18.1 Å². The maximum absolute atomic E-state index is 13.1. The average Bonchev–Trinajstić information content (AvgIpc) is 2.77. The van der Waals surface area contributed by atoms with Crippen molar-refractivity contribution in [3.05, 3.63) is 29.8 Å². The largest absolute Gasteiger partial charge is 0.379 e. The lowest BCUT2D eigenvalue weighted by Crippen LogP contribution is -2.54. The van der Waals surface area contributed by atoms with Gasteiger partial charge in [0.15, 0.2) is 0 Å². The molecule has 0 spiro atoms. The van der Waals surface area contributed by atoms with Crippen molar-refractivity contribution in [1.29, 1.82) is 0 Å². The number of rotatable bonds is 6. The summed E-state index contributed by atoms with van der Waals surface area (Å²) in [5, 5.41) is 2.85. The maximum atomic E-state index is 13.1. The molecule has 1 aromatic rings. The second-order valence-electron chi connectivity index (χ2n) is 8.62.